The van der Waals surface area contributed by atoms with Crippen LogP contribution in [0.5, 0.6) is 0 Å². The molecule has 25 heavy (non-hydrogen) atoms. The summed E-state index contributed by atoms with van der Waals surface area (Å²) in [5, 5.41) is 2.46. The zero-order valence-electron chi connectivity index (χ0n) is 13.0. The SMILES string of the molecule is O=c1ccc2cc(NS(=O)(=O)c3ccc4ccccc4c3)ccc2o1. The predicted octanol–water partition coefficient (Wildman–Crippen LogP) is 3.75. The first-order valence-electron chi connectivity index (χ1n) is 7.57. The Morgan fingerprint density at radius 1 is 0.760 bits per heavy atom. The van der Waals surface area contributed by atoms with Gasteiger partial charge in [0.05, 0.1) is 4.90 Å². The number of rotatable bonds is 3. The fraction of sp³-hybridized carbons (Fsp3) is 0. The first-order chi connectivity index (χ1) is 12.0. The Bertz CT molecular complexity index is 1260. The summed E-state index contributed by atoms with van der Waals surface area (Å²) in [4.78, 5) is 11.4. The molecule has 1 aromatic heterocycles. The summed E-state index contributed by atoms with van der Waals surface area (Å²) in [6.07, 6.45) is 0. The van der Waals surface area contributed by atoms with Crippen LogP contribution in [0, 0.1) is 0 Å². The van der Waals surface area contributed by atoms with E-state index in [9.17, 15) is 13.2 Å². The van der Waals surface area contributed by atoms with Crippen molar-refractivity contribution in [1.82, 2.24) is 0 Å². The van der Waals surface area contributed by atoms with Crippen LogP contribution in [0.1, 0.15) is 0 Å². The van der Waals surface area contributed by atoms with E-state index in [-0.39, 0.29) is 4.90 Å². The third-order valence-corrected chi connectivity index (χ3v) is 5.28. The van der Waals surface area contributed by atoms with Crippen molar-refractivity contribution < 1.29 is 12.8 Å². The lowest BCUT2D eigenvalue weighted by Crippen LogP contribution is -2.12. The largest absolute Gasteiger partial charge is 0.423 e. The Kier molecular flexibility index (Phi) is 3.54. The van der Waals surface area contributed by atoms with E-state index in [0.29, 0.717) is 16.7 Å². The molecule has 124 valence electrons. The number of benzene rings is 3. The second-order valence-electron chi connectivity index (χ2n) is 5.62. The van der Waals surface area contributed by atoms with Crippen LogP contribution in [-0.4, -0.2) is 8.42 Å². The lowest BCUT2D eigenvalue weighted by molar-refractivity contribution is 0.561. The van der Waals surface area contributed by atoms with Gasteiger partial charge in [0.15, 0.2) is 0 Å². The number of sulfonamides is 1. The highest BCUT2D eigenvalue weighted by atomic mass is 32.2. The van der Waals surface area contributed by atoms with E-state index in [2.05, 4.69) is 4.72 Å². The molecule has 0 aliphatic rings. The van der Waals surface area contributed by atoms with E-state index in [4.69, 9.17) is 4.42 Å². The van der Waals surface area contributed by atoms with E-state index in [1.807, 2.05) is 24.3 Å². The first kappa shape index (κ1) is 15.4. The molecule has 4 aromatic rings. The number of hydrogen-bond acceptors (Lipinski definition) is 4. The Hall–Kier alpha value is -3.12. The molecule has 5 nitrogen and oxygen atoms in total. The Balaban J connectivity index is 1.72. The van der Waals surface area contributed by atoms with Crippen molar-refractivity contribution in [3.8, 4) is 0 Å². The van der Waals surface area contributed by atoms with E-state index in [0.717, 1.165) is 10.8 Å². The van der Waals surface area contributed by atoms with E-state index in [1.165, 1.54) is 6.07 Å². The van der Waals surface area contributed by atoms with E-state index in [1.54, 1.807) is 42.5 Å². The van der Waals surface area contributed by atoms with E-state index < -0.39 is 15.6 Å². The Morgan fingerprint density at radius 2 is 1.52 bits per heavy atom. The monoisotopic (exact) mass is 351 g/mol. The Labute approximate surface area is 143 Å². The van der Waals surface area contributed by atoms with Crippen LogP contribution in [0.4, 0.5) is 5.69 Å². The van der Waals surface area contributed by atoms with Gasteiger partial charge in [-0.3, -0.25) is 4.72 Å². The fourth-order valence-electron chi connectivity index (χ4n) is 2.68. The molecular formula is C19H13NO4S. The number of hydrogen-bond donors (Lipinski definition) is 1. The maximum absolute atomic E-state index is 12.7. The molecule has 0 saturated heterocycles. The van der Waals surface area contributed by atoms with Gasteiger partial charge in [0, 0.05) is 17.1 Å². The maximum Gasteiger partial charge on any atom is 0.336 e. The second kappa shape index (κ2) is 5.75. The van der Waals surface area contributed by atoms with Crippen LogP contribution in [-0.2, 0) is 10.0 Å². The molecule has 0 bridgehead atoms. The van der Waals surface area contributed by atoms with Crippen LogP contribution in [0.15, 0.2) is 86.9 Å². The van der Waals surface area contributed by atoms with Crippen molar-refractivity contribution in [1.29, 1.82) is 0 Å². The molecule has 0 spiro atoms. The minimum Gasteiger partial charge on any atom is -0.423 e. The molecule has 6 heteroatoms. The van der Waals surface area contributed by atoms with Crippen molar-refractivity contribution in [2.45, 2.75) is 4.90 Å². The zero-order chi connectivity index (χ0) is 17.4. The van der Waals surface area contributed by atoms with Crippen LogP contribution in [0.3, 0.4) is 0 Å². The summed E-state index contributed by atoms with van der Waals surface area (Å²) in [6.45, 7) is 0. The molecule has 1 heterocycles. The molecule has 3 aromatic carbocycles. The molecule has 0 aliphatic heterocycles. The van der Waals surface area contributed by atoms with Gasteiger partial charge in [-0.05, 0) is 47.2 Å². The van der Waals surface area contributed by atoms with Crippen LogP contribution >= 0.6 is 0 Å². The maximum atomic E-state index is 12.7. The summed E-state index contributed by atoms with van der Waals surface area (Å²) in [6, 6.07) is 20.2. The van der Waals surface area contributed by atoms with Gasteiger partial charge in [-0.1, -0.05) is 30.3 Å². The third kappa shape index (κ3) is 2.99. The summed E-state index contributed by atoms with van der Waals surface area (Å²) >= 11 is 0. The highest BCUT2D eigenvalue weighted by Gasteiger charge is 2.15. The highest BCUT2D eigenvalue weighted by molar-refractivity contribution is 7.92. The summed E-state index contributed by atoms with van der Waals surface area (Å²) in [7, 11) is -3.72. The lowest BCUT2D eigenvalue weighted by Gasteiger charge is -2.09. The molecular weight excluding hydrogens is 338 g/mol. The average Bonchev–Trinajstić information content (AvgIpc) is 2.61. The van der Waals surface area contributed by atoms with Crippen LogP contribution in [0.2, 0.25) is 0 Å². The minimum absolute atomic E-state index is 0.186. The van der Waals surface area contributed by atoms with Crippen molar-refractivity contribution in [2.75, 3.05) is 4.72 Å². The molecule has 0 amide bonds. The number of fused-ring (bicyclic) bond motifs is 2. The van der Waals surface area contributed by atoms with Gasteiger partial charge in [-0.2, -0.15) is 0 Å². The minimum atomic E-state index is -3.72. The van der Waals surface area contributed by atoms with Gasteiger partial charge in [0.2, 0.25) is 0 Å². The smallest absolute Gasteiger partial charge is 0.336 e. The molecule has 0 radical (unpaired) electrons. The second-order valence-corrected chi connectivity index (χ2v) is 7.30. The van der Waals surface area contributed by atoms with Crippen molar-refractivity contribution in [2.24, 2.45) is 0 Å². The van der Waals surface area contributed by atoms with Gasteiger partial charge in [-0.15, -0.1) is 0 Å². The molecule has 0 unspecified atom stereocenters. The summed E-state index contributed by atoms with van der Waals surface area (Å²) in [5.41, 5.74) is 0.354. The predicted molar refractivity (Wildman–Crippen MR) is 97.2 cm³/mol. The zero-order valence-corrected chi connectivity index (χ0v) is 13.8. The van der Waals surface area contributed by atoms with Crippen molar-refractivity contribution in [3.63, 3.8) is 0 Å². The molecule has 0 fully saturated rings. The quantitative estimate of drug-likeness (QED) is 0.570. The topological polar surface area (TPSA) is 76.4 Å². The van der Waals surface area contributed by atoms with Crippen LogP contribution < -0.4 is 10.3 Å². The number of nitrogens with one attached hydrogen (secondary N) is 1. The van der Waals surface area contributed by atoms with Gasteiger partial charge in [0.25, 0.3) is 10.0 Å². The van der Waals surface area contributed by atoms with Crippen LogP contribution in [0.25, 0.3) is 21.7 Å². The van der Waals surface area contributed by atoms with Gasteiger partial charge >= 0.3 is 5.63 Å². The molecule has 0 saturated carbocycles. The average molecular weight is 351 g/mol. The lowest BCUT2D eigenvalue weighted by atomic mass is 10.1. The molecule has 0 atom stereocenters. The number of anilines is 1. The van der Waals surface area contributed by atoms with E-state index >= 15 is 0 Å². The van der Waals surface area contributed by atoms with Crippen molar-refractivity contribution >= 4 is 37.5 Å². The highest BCUT2D eigenvalue weighted by Crippen LogP contribution is 2.23. The normalized spacial score (nSPS) is 11.7. The summed E-state index contributed by atoms with van der Waals surface area (Å²) in [5.74, 6) is 0. The Morgan fingerprint density at radius 3 is 2.36 bits per heavy atom. The van der Waals surface area contributed by atoms with Gasteiger partial charge < -0.3 is 4.42 Å². The molecule has 4 rings (SSSR count). The molecule has 1 N–H and O–H groups in total. The third-order valence-electron chi connectivity index (χ3n) is 3.90. The fourth-order valence-corrected chi connectivity index (χ4v) is 3.77. The standard InChI is InChI=1S/C19H13NO4S/c21-19-10-6-15-11-16(7-9-18(15)24-19)20-25(22,23)17-8-5-13-3-1-2-4-14(13)12-17/h1-12,20H. The first-order valence-corrected chi connectivity index (χ1v) is 9.05. The molecule has 0 aliphatic carbocycles. The van der Waals surface area contributed by atoms with Gasteiger partial charge in [0.1, 0.15) is 5.58 Å². The van der Waals surface area contributed by atoms with Crippen molar-refractivity contribution in [3.05, 3.63) is 83.2 Å². The summed E-state index contributed by atoms with van der Waals surface area (Å²) < 4.78 is 32.9. The van der Waals surface area contributed by atoms with Gasteiger partial charge in [-0.25, -0.2) is 13.2 Å².